The summed E-state index contributed by atoms with van der Waals surface area (Å²) in [6.45, 7) is 13.3. The second-order valence-corrected chi connectivity index (χ2v) is 7.19. The average molecular weight is 311 g/mol. The van der Waals surface area contributed by atoms with Crippen molar-refractivity contribution in [2.45, 2.75) is 53.1 Å². The Bertz CT molecular complexity index is 407. The zero-order valence-corrected chi connectivity index (χ0v) is 14.9. The molecule has 0 aliphatic rings. The lowest BCUT2D eigenvalue weighted by molar-refractivity contribution is 0.134. The molecule has 0 saturated heterocycles. The van der Waals surface area contributed by atoms with Crippen LogP contribution in [0.25, 0.3) is 0 Å². The quantitative estimate of drug-likeness (QED) is 0.752. The molecule has 2 nitrogen and oxygen atoms in total. The summed E-state index contributed by atoms with van der Waals surface area (Å²) in [4.78, 5) is 2.52. The van der Waals surface area contributed by atoms with Crippen LogP contribution < -0.4 is 5.73 Å². The zero-order chi connectivity index (χ0) is 16.0. The van der Waals surface area contributed by atoms with E-state index in [9.17, 15) is 0 Å². The Morgan fingerprint density at radius 3 is 2.00 bits per heavy atom. The Hall–Kier alpha value is -0.570. The molecule has 1 rings (SSSR count). The van der Waals surface area contributed by atoms with E-state index < -0.39 is 0 Å². The highest BCUT2D eigenvalue weighted by molar-refractivity contribution is 6.31. The first kappa shape index (κ1) is 18.5. The van der Waals surface area contributed by atoms with Crippen LogP contribution in [0.15, 0.2) is 24.3 Å². The predicted octanol–water partition coefficient (Wildman–Crippen LogP) is 4.73. The molecule has 0 aliphatic carbocycles. The molecule has 0 aliphatic heterocycles. The van der Waals surface area contributed by atoms with Crippen molar-refractivity contribution in [1.82, 2.24) is 4.90 Å². The van der Waals surface area contributed by atoms with Gasteiger partial charge in [0.1, 0.15) is 0 Å². The molecule has 0 spiro atoms. The summed E-state index contributed by atoms with van der Waals surface area (Å²) < 4.78 is 0. The fourth-order valence-electron chi connectivity index (χ4n) is 2.88. The number of nitrogens with two attached hydrogens (primary N) is 1. The molecule has 3 heteroatoms. The molecule has 2 N–H and O–H groups in total. The second-order valence-electron chi connectivity index (χ2n) is 6.78. The lowest BCUT2D eigenvalue weighted by Gasteiger charge is -2.38. The monoisotopic (exact) mass is 310 g/mol. The van der Waals surface area contributed by atoms with E-state index >= 15 is 0 Å². The molecule has 0 aromatic heterocycles. The largest absolute Gasteiger partial charge is 0.326 e. The van der Waals surface area contributed by atoms with Crippen LogP contribution in [0.3, 0.4) is 0 Å². The molecule has 1 aromatic carbocycles. The molecule has 2 unspecified atom stereocenters. The molecule has 0 fully saturated rings. The van der Waals surface area contributed by atoms with E-state index in [1.165, 1.54) is 0 Å². The molecule has 2 atom stereocenters. The maximum atomic E-state index is 6.47. The van der Waals surface area contributed by atoms with Crippen LogP contribution in [0.1, 0.15) is 52.6 Å². The van der Waals surface area contributed by atoms with Gasteiger partial charge in [-0.05, 0) is 29.9 Å². The minimum atomic E-state index is 0.0994. The van der Waals surface area contributed by atoms with Gasteiger partial charge >= 0.3 is 0 Å². The van der Waals surface area contributed by atoms with Gasteiger partial charge in [0, 0.05) is 24.2 Å². The second kappa shape index (κ2) is 8.77. The van der Waals surface area contributed by atoms with Crippen molar-refractivity contribution in [3.63, 3.8) is 0 Å². The van der Waals surface area contributed by atoms with Crippen molar-refractivity contribution in [3.05, 3.63) is 34.9 Å². The Labute approximate surface area is 135 Å². The van der Waals surface area contributed by atoms with Gasteiger partial charge in [0.25, 0.3) is 0 Å². The summed E-state index contributed by atoms with van der Waals surface area (Å²) in [6.07, 6.45) is 0.947. The molecule has 21 heavy (non-hydrogen) atoms. The van der Waals surface area contributed by atoms with Crippen LogP contribution in [-0.2, 0) is 0 Å². The summed E-state index contributed by atoms with van der Waals surface area (Å²) in [7, 11) is 0. The van der Waals surface area contributed by atoms with Gasteiger partial charge in [0.15, 0.2) is 0 Å². The average Bonchev–Trinajstić information content (AvgIpc) is 2.39. The number of nitrogens with zero attached hydrogens (tertiary/aromatic N) is 1. The first-order valence-electron chi connectivity index (χ1n) is 8.10. The van der Waals surface area contributed by atoms with Gasteiger partial charge in [0.05, 0.1) is 6.04 Å². The highest BCUT2D eigenvalue weighted by Gasteiger charge is 2.28. The molecule has 120 valence electrons. The Kier molecular flexibility index (Phi) is 7.72. The van der Waals surface area contributed by atoms with Crippen molar-refractivity contribution < 1.29 is 0 Å². The van der Waals surface area contributed by atoms with Gasteiger partial charge in [0.2, 0.25) is 0 Å². The summed E-state index contributed by atoms with van der Waals surface area (Å²) in [6, 6.07) is 8.41. The van der Waals surface area contributed by atoms with Crippen molar-refractivity contribution >= 4 is 11.6 Å². The maximum Gasteiger partial charge on any atom is 0.0514 e. The van der Waals surface area contributed by atoms with Crippen LogP contribution in [0.2, 0.25) is 5.02 Å². The molecule has 1 aromatic rings. The predicted molar refractivity (Wildman–Crippen MR) is 93.7 cm³/mol. The Morgan fingerprint density at radius 2 is 1.57 bits per heavy atom. The number of rotatable bonds is 8. The maximum absolute atomic E-state index is 6.47. The summed E-state index contributed by atoms with van der Waals surface area (Å²) in [5.74, 6) is 1.22. The van der Waals surface area contributed by atoms with Crippen LogP contribution >= 0.6 is 11.6 Å². The van der Waals surface area contributed by atoms with E-state index in [0.29, 0.717) is 11.8 Å². The number of benzene rings is 1. The molecule has 0 heterocycles. The highest BCUT2D eigenvalue weighted by Crippen LogP contribution is 2.31. The topological polar surface area (TPSA) is 29.3 Å². The Morgan fingerprint density at radius 1 is 1.05 bits per heavy atom. The van der Waals surface area contributed by atoms with Gasteiger partial charge in [-0.25, -0.2) is 0 Å². The van der Waals surface area contributed by atoms with Gasteiger partial charge in [-0.15, -0.1) is 0 Å². The minimum Gasteiger partial charge on any atom is -0.326 e. The normalized spacial score (nSPS) is 15.0. The molecule has 0 radical (unpaired) electrons. The van der Waals surface area contributed by atoms with Gasteiger partial charge in [-0.1, -0.05) is 64.4 Å². The smallest absolute Gasteiger partial charge is 0.0514 e. The number of halogens is 1. The van der Waals surface area contributed by atoms with E-state index in [-0.39, 0.29) is 12.1 Å². The molecule has 0 bridgehead atoms. The highest BCUT2D eigenvalue weighted by atomic mass is 35.5. The van der Waals surface area contributed by atoms with Crippen molar-refractivity contribution in [2.75, 3.05) is 13.1 Å². The fourth-order valence-corrected chi connectivity index (χ4v) is 3.12. The SMILES string of the molecule is CCC(N)C(c1ccccc1Cl)N(CC(C)C)CC(C)C. The lowest BCUT2D eigenvalue weighted by atomic mass is 9.94. The van der Waals surface area contributed by atoms with E-state index in [4.69, 9.17) is 17.3 Å². The molecule has 0 saturated carbocycles. The van der Waals surface area contributed by atoms with Gasteiger partial charge in [-0.3, -0.25) is 4.90 Å². The Balaban J connectivity index is 3.16. The van der Waals surface area contributed by atoms with E-state index in [0.717, 1.165) is 30.1 Å². The molecular formula is C18H31ClN2. The number of hydrogen-bond donors (Lipinski definition) is 1. The van der Waals surface area contributed by atoms with Gasteiger partial charge < -0.3 is 5.73 Å². The zero-order valence-electron chi connectivity index (χ0n) is 14.1. The van der Waals surface area contributed by atoms with Crippen LogP contribution in [0.5, 0.6) is 0 Å². The molecular weight excluding hydrogens is 280 g/mol. The van der Waals surface area contributed by atoms with E-state index in [2.05, 4.69) is 51.7 Å². The van der Waals surface area contributed by atoms with E-state index in [1.54, 1.807) is 0 Å². The third kappa shape index (κ3) is 5.61. The first-order valence-corrected chi connectivity index (χ1v) is 8.48. The standard InChI is InChI=1S/C18H31ClN2/c1-6-17(20)18(15-9-7-8-10-16(15)19)21(11-13(2)3)12-14(4)5/h7-10,13-14,17-18H,6,11-12,20H2,1-5H3. The summed E-state index contributed by atoms with van der Waals surface area (Å²) >= 11 is 6.45. The third-order valence-electron chi connectivity index (χ3n) is 3.69. The summed E-state index contributed by atoms with van der Waals surface area (Å²) in [5, 5.41) is 0.823. The number of hydrogen-bond acceptors (Lipinski definition) is 2. The lowest BCUT2D eigenvalue weighted by Crippen LogP contribution is -2.44. The first-order chi connectivity index (χ1) is 9.86. The third-order valence-corrected chi connectivity index (χ3v) is 4.04. The fraction of sp³-hybridized carbons (Fsp3) is 0.667. The van der Waals surface area contributed by atoms with Crippen molar-refractivity contribution in [2.24, 2.45) is 17.6 Å². The molecule has 0 amide bonds. The van der Waals surface area contributed by atoms with Gasteiger partial charge in [-0.2, -0.15) is 0 Å². The van der Waals surface area contributed by atoms with Crippen LogP contribution in [0.4, 0.5) is 0 Å². The van der Waals surface area contributed by atoms with Crippen LogP contribution in [-0.4, -0.2) is 24.0 Å². The van der Waals surface area contributed by atoms with E-state index in [1.807, 2.05) is 12.1 Å². The van der Waals surface area contributed by atoms with Crippen molar-refractivity contribution in [1.29, 1.82) is 0 Å². The summed E-state index contributed by atoms with van der Waals surface area (Å²) in [5.41, 5.74) is 7.63. The van der Waals surface area contributed by atoms with Crippen LogP contribution in [0, 0.1) is 11.8 Å². The van der Waals surface area contributed by atoms with Crippen molar-refractivity contribution in [3.8, 4) is 0 Å². The minimum absolute atomic E-state index is 0.0994.